The highest BCUT2D eigenvalue weighted by atomic mass is 32.2. The third-order valence-corrected chi connectivity index (χ3v) is 1.97. The van der Waals surface area contributed by atoms with Gasteiger partial charge in [0.1, 0.15) is 12.5 Å². The van der Waals surface area contributed by atoms with E-state index in [0.717, 1.165) is 0 Å². The van der Waals surface area contributed by atoms with Gasteiger partial charge in [0.15, 0.2) is 0 Å². The fourth-order valence-corrected chi connectivity index (χ4v) is 1.13. The van der Waals surface area contributed by atoms with Crippen LogP contribution in [0.15, 0.2) is 24.9 Å². The van der Waals surface area contributed by atoms with Crippen molar-refractivity contribution in [3.63, 3.8) is 0 Å². The van der Waals surface area contributed by atoms with Crippen LogP contribution in [-0.2, 0) is 14.9 Å². The highest BCUT2D eigenvalue weighted by Gasteiger charge is 2.06. The molecule has 1 rings (SSSR count). The number of ether oxygens (including phenoxy) is 1. The van der Waals surface area contributed by atoms with Crippen LogP contribution in [0.4, 0.5) is 0 Å². The Bertz CT molecular complexity index is 281. The van der Waals surface area contributed by atoms with Gasteiger partial charge in [0, 0.05) is 18.9 Å². The molecule has 0 aromatic carbocycles. The average molecular weight is 191 g/mol. The molecule has 0 saturated carbocycles. The van der Waals surface area contributed by atoms with Crippen molar-refractivity contribution in [2.45, 2.75) is 0 Å². The molecule has 1 N–H and O–H groups in total. The zero-order valence-corrected chi connectivity index (χ0v) is 7.07. The maximum atomic E-state index is 10.3. The second-order valence-corrected chi connectivity index (χ2v) is 3.80. The van der Waals surface area contributed by atoms with Crippen LogP contribution in [0.1, 0.15) is 0 Å². The zero-order chi connectivity index (χ0) is 9.03. The normalized spacial score (nSPS) is 16.2. The second-order valence-electron chi connectivity index (χ2n) is 2.23. The van der Waals surface area contributed by atoms with Gasteiger partial charge in [-0.3, -0.25) is 4.55 Å². The topological polar surface area (TPSA) is 66.8 Å². The van der Waals surface area contributed by atoms with Crippen LogP contribution in [-0.4, -0.2) is 30.2 Å². The van der Waals surface area contributed by atoms with Gasteiger partial charge in [-0.1, -0.05) is 0 Å². The van der Waals surface area contributed by atoms with Gasteiger partial charge < -0.3 is 9.64 Å². The second kappa shape index (κ2) is 3.59. The van der Waals surface area contributed by atoms with Crippen molar-refractivity contribution in [2.75, 3.05) is 12.3 Å². The minimum absolute atomic E-state index is 0.217. The number of hydrogen-bond donors (Lipinski definition) is 1. The molecule has 0 fully saturated rings. The molecule has 0 saturated heterocycles. The summed E-state index contributed by atoms with van der Waals surface area (Å²) in [6.07, 6.45) is 5.99. The molecule has 0 unspecified atom stereocenters. The molecule has 12 heavy (non-hydrogen) atoms. The average Bonchev–Trinajstić information content (AvgIpc) is 2.02. The van der Waals surface area contributed by atoms with E-state index in [2.05, 4.69) is 0 Å². The first-order chi connectivity index (χ1) is 5.58. The van der Waals surface area contributed by atoms with Gasteiger partial charge in [-0.05, 0) is 0 Å². The van der Waals surface area contributed by atoms with Gasteiger partial charge in [0.05, 0.1) is 5.75 Å². The van der Waals surface area contributed by atoms with Gasteiger partial charge in [-0.25, -0.2) is 0 Å². The van der Waals surface area contributed by atoms with Gasteiger partial charge in [-0.2, -0.15) is 8.42 Å². The smallest absolute Gasteiger partial charge is 0.266 e. The minimum Gasteiger partial charge on any atom is -0.470 e. The zero-order valence-electron chi connectivity index (χ0n) is 6.25. The summed E-state index contributed by atoms with van der Waals surface area (Å²) < 4.78 is 33.8. The van der Waals surface area contributed by atoms with E-state index in [0.29, 0.717) is 0 Å². The van der Waals surface area contributed by atoms with Gasteiger partial charge in [0.25, 0.3) is 10.1 Å². The Kier molecular flexibility index (Phi) is 2.72. The van der Waals surface area contributed by atoms with Crippen LogP contribution in [0, 0.1) is 0 Å². The maximum absolute atomic E-state index is 10.3. The lowest BCUT2D eigenvalue weighted by Gasteiger charge is -2.15. The minimum atomic E-state index is -3.87. The molecule has 1 aliphatic rings. The molecular formula is C6H9NO4S. The molecule has 0 amide bonds. The predicted octanol–water partition coefficient (Wildman–Crippen LogP) is 0.149. The van der Waals surface area contributed by atoms with Crippen LogP contribution in [0.5, 0.6) is 0 Å². The molecule has 1 heterocycles. The van der Waals surface area contributed by atoms with Crippen molar-refractivity contribution in [1.29, 1.82) is 0 Å². The molecule has 5 nitrogen and oxygen atoms in total. The van der Waals surface area contributed by atoms with E-state index in [9.17, 15) is 8.42 Å². The fourth-order valence-electron chi connectivity index (χ4n) is 0.692. The van der Waals surface area contributed by atoms with E-state index < -0.39 is 10.1 Å². The first kappa shape index (κ1) is 9.08. The summed E-state index contributed by atoms with van der Waals surface area (Å²) in [6, 6.07) is 0. The van der Waals surface area contributed by atoms with E-state index >= 15 is 0 Å². The molecule has 0 aromatic rings. The lowest BCUT2D eigenvalue weighted by molar-refractivity contribution is 0.348. The summed E-state index contributed by atoms with van der Waals surface area (Å²) >= 11 is 0. The third kappa shape index (κ3) is 3.40. The molecule has 0 radical (unpaired) electrons. The van der Waals surface area contributed by atoms with E-state index in [-0.39, 0.29) is 12.3 Å². The Hall–Kier alpha value is -1.01. The lowest BCUT2D eigenvalue weighted by atomic mass is 10.6. The fraction of sp³-hybridized carbons (Fsp3) is 0.333. The van der Waals surface area contributed by atoms with Crippen LogP contribution in [0.3, 0.4) is 0 Å². The van der Waals surface area contributed by atoms with Gasteiger partial charge in [-0.15, -0.1) is 0 Å². The molecule has 6 heteroatoms. The molecule has 0 atom stereocenters. The molecule has 0 spiro atoms. The SMILES string of the molecule is O=S(=O)(O)CCN1C=COC=C1. The van der Waals surface area contributed by atoms with Crippen molar-refractivity contribution < 1.29 is 17.7 Å². The number of nitrogens with zero attached hydrogens (tertiary/aromatic N) is 1. The predicted molar refractivity (Wildman–Crippen MR) is 42.5 cm³/mol. The Morgan fingerprint density at radius 3 is 2.42 bits per heavy atom. The summed E-state index contributed by atoms with van der Waals surface area (Å²) in [5, 5.41) is 0. The summed E-state index contributed by atoms with van der Waals surface area (Å²) in [5.74, 6) is -0.290. The quantitative estimate of drug-likeness (QED) is 0.643. The highest BCUT2D eigenvalue weighted by Crippen LogP contribution is 1.99. The Labute approximate surface area is 70.7 Å². The highest BCUT2D eigenvalue weighted by molar-refractivity contribution is 7.85. The van der Waals surface area contributed by atoms with Crippen molar-refractivity contribution in [2.24, 2.45) is 0 Å². The number of rotatable bonds is 3. The van der Waals surface area contributed by atoms with Crippen molar-refractivity contribution in [3.8, 4) is 0 Å². The van der Waals surface area contributed by atoms with Crippen molar-refractivity contribution in [3.05, 3.63) is 24.9 Å². The van der Waals surface area contributed by atoms with Crippen LogP contribution < -0.4 is 0 Å². The Morgan fingerprint density at radius 2 is 1.92 bits per heavy atom. The standard InChI is InChI=1S/C6H9NO4S/c8-12(9,10)6-3-7-1-4-11-5-2-7/h1-2,4-5H,3,6H2,(H,8,9,10). The summed E-state index contributed by atoms with van der Waals surface area (Å²) in [7, 11) is -3.87. The molecule has 1 aliphatic heterocycles. The monoisotopic (exact) mass is 191 g/mol. The lowest BCUT2D eigenvalue weighted by Crippen LogP contribution is -2.21. The number of hydrogen-bond acceptors (Lipinski definition) is 4. The summed E-state index contributed by atoms with van der Waals surface area (Å²) in [4.78, 5) is 1.59. The summed E-state index contributed by atoms with van der Waals surface area (Å²) in [6.45, 7) is 0.217. The van der Waals surface area contributed by atoms with E-state index in [4.69, 9.17) is 9.29 Å². The van der Waals surface area contributed by atoms with E-state index in [1.54, 1.807) is 17.3 Å². The summed E-state index contributed by atoms with van der Waals surface area (Å²) in [5.41, 5.74) is 0. The molecule has 0 aromatic heterocycles. The maximum Gasteiger partial charge on any atom is 0.266 e. The molecule has 0 aliphatic carbocycles. The van der Waals surface area contributed by atoms with E-state index in [1.807, 2.05) is 0 Å². The van der Waals surface area contributed by atoms with Crippen LogP contribution in [0.2, 0.25) is 0 Å². The Morgan fingerprint density at radius 1 is 1.33 bits per heavy atom. The first-order valence-electron chi connectivity index (χ1n) is 3.28. The largest absolute Gasteiger partial charge is 0.470 e. The third-order valence-electron chi connectivity index (χ3n) is 1.27. The molecular weight excluding hydrogens is 182 g/mol. The first-order valence-corrected chi connectivity index (χ1v) is 4.88. The molecule has 68 valence electrons. The Balaban J connectivity index is 2.37. The van der Waals surface area contributed by atoms with Crippen molar-refractivity contribution in [1.82, 2.24) is 4.90 Å². The molecule has 0 bridgehead atoms. The van der Waals surface area contributed by atoms with Crippen LogP contribution in [0.25, 0.3) is 0 Å². The van der Waals surface area contributed by atoms with Crippen LogP contribution >= 0.6 is 0 Å². The van der Waals surface area contributed by atoms with Gasteiger partial charge >= 0.3 is 0 Å². The van der Waals surface area contributed by atoms with E-state index in [1.165, 1.54) is 12.5 Å². The van der Waals surface area contributed by atoms with Crippen molar-refractivity contribution >= 4 is 10.1 Å². The van der Waals surface area contributed by atoms with Gasteiger partial charge in [0.2, 0.25) is 0 Å².